The van der Waals surface area contributed by atoms with E-state index in [2.05, 4.69) is 0 Å². The lowest BCUT2D eigenvalue weighted by Crippen LogP contribution is -2.57. The molecule has 8 atom stereocenters. The zero-order chi connectivity index (χ0) is 30.8. The molecule has 6 N–H and O–H groups in total. The third-order valence-corrected chi connectivity index (χ3v) is 8.11. The molecule has 0 bridgehead atoms. The van der Waals surface area contributed by atoms with E-state index in [0.717, 1.165) is 0 Å². The van der Waals surface area contributed by atoms with E-state index in [1.807, 2.05) is 0 Å². The monoisotopic (exact) mass is 597 g/mol. The summed E-state index contributed by atoms with van der Waals surface area (Å²) in [6, 6.07) is 15.0. The van der Waals surface area contributed by atoms with Crippen molar-refractivity contribution in [2.75, 3.05) is 11.5 Å². The van der Waals surface area contributed by atoms with Crippen molar-refractivity contribution in [1.82, 2.24) is 0 Å². The van der Waals surface area contributed by atoms with Crippen LogP contribution in [0, 0.1) is 17.6 Å². The molecule has 2 heterocycles. The van der Waals surface area contributed by atoms with Crippen LogP contribution in [0.1, 0.15) is 41.7 Å². The van der Waals surface area contributed by atoms with Crippen molar-refractivity contribution < 1.29 is 49.0 Å². The van der Waals surface area contributed by atoms with E-state index in [4.69, 9.17) is 4.74 Å². The van der Waals surface area contributed by atoms with Gasteiger partial charge in [0.2, 0.25) is 5.91 Å². The highest BCUT2D eigenvalue weighted by Crippen LogP contribution is 2.48. The van der Waals surface area contributed by atoms with Gasteiger partial charge < -0.3 is 40.3 Å². The van der Waals surface area contributed by atoms with Gasteiger partial charge in [-0.15, -0.1) is 0 Å². The molecule has 3 aromatic carbocycles. The van der Waals surface area contributed by atoms with E-state index in [1.54, 1.807) is 12.1 Å². The van der Waals surface area contributed by atoms with Crippen molar-refractivity contribution in [3.63, 3.8) is 0 Å². The minimum atomic E-state index is -1.52. The minimum absolute atomic E-state index is 0.135. The van der Waals surface area contributed by atoms with Crippen molar-refractivity contribution >= 4 is 17.7 Å². The second kappa shape index (κ2) is 12.9. The fraction of sp³-hybridized carbons (Fsp3) is 0.344. The smallest absolute Gasteiger partial charge is 0.233 e. The molecule has 2 saturated heterocycles. The standard InChI is InChI=1S/C32H33F2NO8/c33-19-5-3-18(4-6-19)24(37)13-12-23-28(35(32(23)42)21-9-7-20(34)8-10-21)22-11-1-17(15-25(22)38)2-14-26-29(39)31(41)30(40)27(16-36)43-26/h1-11,14-15,23-24,26-31,36-41H,12-13,16H2/t23-,24+,26+,27-,28-,29+,30-,31-/m1/s1. The summed E-state index contributed by atoms with van der Waals surface area (Å²) in [6.07, 6.45) is -4.03. The molecule has 0 aliphatic carbocycles. The largest absolute Gasteiger partial charge is 0.508 e. The third-order valence-electron chi connectivity index (χ3n) is 8.11. The van der Waals surface area contributed by atoms with E-state index in [9.17, 15) is 44.2 Å². The predicted octanol–water partition coefficient (Wildman–Crippen LogP) is 2.74. The number of aliphatic hydroxyl groups is 5. The fourth-order valence-electron chi connectivity index (χ4n) is 5.67. The molecule has 43 heavy (non-hydrogen) atoms. The summed E-state index contributed by atoms with van der Waals surface area (Å²) in [4.78, 5) is 14.8. The Bertz CT molecular complexity index is 1450. The summed E-state index contributed by atoms with van der Waals surface area (Å²) in [5, 5.41) is 61.4. The molecule has 2 aliphatic heterocycles. The lowest BCUT2D eigenvalue weighted by molar-refractivity contribution is -0.216. The van der Waals surface area contributed by atoms with Crippen molar-refractivity contribution in [1.29, 1.82) is 0 Å². The number of carbonyl (C=O) groups excluding carboxylic acids is 1. The first-order valence-electron chi connectivity index (χ1n) is 13.9. The van der Waals surface area contributed by atoms with Crippen LogP contribution >= 0.6 is 0 Å². The molecule has 1 amide bonds. The van der Waals surface area contributed by atoms with Gasteiger partial charge in [-0.1, -0.05) is 36.4 Å². The second-order valence-electron chi connectivity index (χ2n) is 10.9. The van der Waals surface area contributed by atoms with E-state index < -0.39 is 66.8 Å². The first-order chi connectivity index (χ1) is 20.6. The van der Waals surface area contributed by atoms with Crippen LogP contribution < -0.4 is 4.90 Å². The van der Waals surface area contributed by atoms with E-state index in [1.165, 1.54) is 71.6 Å². The maximum atomic E-state index is 13.6. The van der Waals surface area contributed by atoms with Crippen LogP contribution in [-0.2, 0) is 9.53 Å². The molecule has 228 valence electrons. The Morgan fingerprint density at radius 1 is 0.907 bits per heavy atom. The number of carbonyl (C=O) groups is 1. The summed E-state index contributed by atoms with van der Waals surface area (Å²) in [5.41, 5.74) is 1.88. The van der Waals surface area contributed by atoms with Gasteiger partial charge in [0, 0.05) is 11.3 Å². The maximum absolute atomic E-state index is 13.6. The number of phenols is 1. The normalized spacial score (nSPS) is 28.2. The van der Waals surface area contributed by atoms with Crippen LogP contribution in [0.25, 0.3) is 6.08 Å². The molecule has 11 heteroatoms. The summed E-state index contributed by atoms with van der Waals surface area (Å²) in [6.45, 7) is -0.558. The number of hydrogen-bond acceptors (Lipinski definition) is 8. The molecule has 0 unspecified atom stereocenters. The molecule has 3 aromatic rings. The Kier molecular flexibility index (Phi) is 9.21. The van der Waals surface area contributed by atoms with Gasteiger partial charge in [-0.05, 0) is 66.4 Å². The summed E-state index contributed by atoms with van der Waals surface area (Å²) < 4.78 is 32.4. The maximum Gasteiger partial charge on any atom is 0.233 e. The number of halogens is 2. The summed E-state index contributed by atoms with van der Waals surface area (Å²) in [7, 11) is 0. The molecule has 0 aromatic heterocycles. The van der Waals surface area contributed by atoms with Gasteiger partial charge in [0.05, 0.1) is 24.7 Å². The van der Waals surface area contributed by atoms with Gasteiger partial charge in [0.15, 0.2) is 0 Å². The number of nitrogens with zero attached hydrogens (tertiary/aromatic N) is 1. The molecule has 5 rings (SSSR count). The van der Waals surface area contributed by atoms with Crippen molar-refractivity contribution in [2.45, 2.75) is 55.5 Å². The van der Waals surface area contributed by atoms with Gasteiger partial charge in [0.1, 0.15) is 47.9 Å². The topological polar surface area (TPSA) is 151 Å². The molecular formula is C32H33F2NO8. The van der Waals surface area contributed by atoms with E-state index in [0.29, 0.717) is 22.4 Å². The molecule has 0 saturated carbocycles. The van der Waals surface area contributed by atoms with Gasteiger partial charge in [-0.25, -0.2) is 8.78 Å². The lowest BCUT2D eigenvalue weighted by Gasteiger charge is -2.48. The van der Waals surface area contributed by atoms with Crippen LogP contribution in [0.5, 0.6) is 5.75 Å². The first-order valence-corrected chi connectivity index (χ1v) is 13.9. The number of benzene rings is 3. The lowest BCUT2D eigenvalue weighted by atomic mass is 9.77. The number of amides is 1. The first kappa shape index (κ1) is 30.7. The Balaban J connectivity index is 1.37. The average Bonchev–Trinajstić information content (AvgIpc) is 3.00. The fourth-order valence-corrected chi connectivity index (χ4v) is 5.67. The Morgan fingerprint density at radius 3 is 2.19 bits per heavy atom. The van der Waals surface area contributed by atoms with Crippen molar-refractivity contribution in [2.24, 2.45) is 5.92 Å². The second-order valence-corrected chi connectivity index (χ2v) is 10.9. The van der Waals surface area contributed by atoms with Crippen molar-refractivity contribution in [3.05, 3.63) is 101 Å². The highest BCUT2D eigenvalue weighted by atomic mass is 19.1. The van der Waals surface area contributed by atoms with Crippen LogP contribution in [0.3, 0.4) is 0 Å². The number of hydrogen-bond donors (Lipinski definition) is 6. The Hall–Kier alpha value is -3.71. The van der Waals surface area contributed by atoms with Crippen molar-refractivity contribution in [3.8, 4) is 5.75 Å². The van der Waals surface area contributed by atoms with Crippen LogP contribution in [0.15, 0.2) is 72.8 Å². The third kappa shape index (κ3) is 6.32. The van der Waals surface area contributed by atoms with Crippen LogP contribution in [0.2, 0.25) is 0 Å². The number of rotatable bonds is 9. The van der Waals surface area contributed by atoms with Gasteiger partial charge >= 0.3 is 0 Å². The molecular weight excluding hydrogens is 564 g/mol. The Labute approximate surface area is 246 Å². The summed E-state index contributed by atoms with van der Waals surface area (Å²) in [5.74, 6) is -1.90. The molecule has 0 spiro atoms. The number of aliphatic hydroxyl groups excluding tert-OH is 5. The van der Waals surface area contributed by atoms with Crippen LogP contribution in [-0.4, -0.2) is 73.7 Å². The van der Waals surface area contributed by atoms with Gasteiger partial charge in [0.25, 0.3) is 0 Å². The quantitative estimate of drug-likeness (QED) is 0.206. The SMILES string of the molecule is O=C1[C@H](CC[C@H](O)c2ccc(F)cc2)[C@@H](c2ccc(C=C[C@@H]3O[C@H](CO)[C@@H](O)[C@H](O)[C@H]3O)cc2O)N1c1ccc(F)cc1. The molecule has 2 aliphatic rings. The number of anilines is 1. The highest BCUT2D eigenvalue weighted by Gasteiger charge is 2.49. The zero-order valence-corrected chi connectivity index (χ0v) is 22.9. The number of β-lactam (4-membered cyclic amide) rings is 1. The predicted molar refractivity (Wildman–Crippen MR) is 152 cm³/mol. The number of phenolic OH excluding ortho intramolecular Hbond substituents is 1. The minimum Gasteiger partial charge on any atom is -0.508 e. The average molecular weight is 598 g/mol. The molecule has 2 fully saturated rings. The van der Waals surface area contributed by atoms with E-state index >= 15 is 0 Å². The number of aromatic hydroxyl groups is 1. The van der Waals surface area contributed by atoms with E-state index in [-0.39, 0.29) is 24.5 Å². The highest BCUT2D eigenvalue weighted by molar-refractivity contribution is 6.03. The van der Waals surface area contributed by atoms with Gasteiger partial charge in [-0.3, -0.25) is 4.79 Å². The Morgan fingerprint density at radius 2 is 1.56 bits per heavy atom. The summed E-state index contributed by atoms with van der Waals surface area (Å²) >= 11 is 0. The molecule has 9 nitrogen and oxygen atoms in total. The van der Waals surface area contributed by atoms with Crippen LogP contribution in [0.4, 0.5) is 14.5 Å². The zero-order valence-electron chi connectivity index (χ0n) is 22.9. The van der Waals surface area contributed by atoms with Gasteiger partial charge in [-0.2, -0.15) is 0 Å². The molecule has 0 radical (unpaired) electrons. The number of ether oxygens (including phenoxy) is 1.